The molecule has 0 radical (unpaired) electrons. The molecule has 88 heavy (non-hydrogen) atoms. The van der Waals surface area contributed by atoms with Crippen LogP contribution in [0.2, 0.25) is 0 Å². The van der Waals surface area contributed by atoms with Gasteiger partial charge in [-0.1, -0.05) is 95.2 Å². The number of benzene rings is 1. The number of esters is 2. The first-order chi connectivity index (χ1) is 42.1. The Morgan fingerprint density at radius 3 is 0.852 bits per heavy atom. The highest BCUT2D eigenvalue weighted by Gasteiger charge is 2.33. The van der Waals surface area contributed by atoms with Crippen LogP contribution >= 0.6 is 0 Å². The minimum atomic E-state index is -0.476. The Morgan fingerprint density at radius 1 is 0.330 bits per heavy atom. The van der Waals surface area contributed by atoms with E-state index in [1.54, 1.807) is 7.11 Å². The molecule has 0 fully saturated rings. The predicted molar refractivity (Wildman–Crippen MR) is 339 cm³/mol. The van der Waals surface area contributed by atoms with Crippen molar-refractivity contribution in [1.82, 2.24) is 0 Å². The molecule has 0 saturated carbocycles. The summed E-state index contributed by atoms with van der Waals surface area (Å²) in [5, 5.41) is 0. The molecule has 0 heterocycles. The van der Waals surface area contributed by atoms with Crippen molar-refractivity contribution in [2.75, 3.05) is 232 Å². The van der Waals surface area contributed by atoms with Gasteiger partial charge in [0, 0.05) is 12.7 Å². The first-order valence-corrected chi connectivity index (χ1v) is 32.4. The van der Waals surface area contributed by atoms with Crippen LogP contribution in [-0.2, 0) is 106 Å². The van der Waals surface area contributed by atoms with E-state index in [-0.39, 0.29) is 47.7 Å². The van der Waals surface area contributed by atoms with Crippen molar-refractivity contribution in [2.24, 2.45) is 22.7 Å². The summed E-state index contributed by atoms with van der Waals surface area (Å²) < 4.78 is 104. The minimum absolute atomic E-state index is 0.0692. The van der Waals surface area contributed by atoms with E-state index in [0.29, 0.717) is 229 Å². The van der Waals surface area contributed by atoms with E-state index in [1.807, 2.05) is 6.07 Å². The summed E-state index contributed by atoms with van der Waals surface area (Å²) in [6, 6.07) is 6.33. The zero-order chi connectivity index (χ0) is 64.9. The Bertz CT molecular complexity index is 1770. The number of hydrogen-bond donors (Lipinski definition) is 0. The molecular weight excluding hydrogens is 1140 g/mol. The van der Waals surface area contributed by atoms with Crippen LogP contribution in [0.25, 0.3) is 0 Å². The maximum atomic E-state index is 13.2. The predicted octanol–water partition coefficient (Wildman–Crippen LogP) is 9.31. The van der Waals surface area contributed by atoms with E-state index in [4.69, 9.17) is 90.0 Å². The normalized spacial score (nSPS) is 13.1. The highest BCUT2D eigenvalue weighted by atomic mass is 16.6. The van der Waals surface area contributed by atoms with Crippen LogP contribution in [0.15, 0.2) is 18.2 Å². The van der Waals surface area contributed by atoms with Gasteiger partial charge < -0.3 is 90.0 Å². The van der Waals surface area contributed by atoms with Gasteiger partial charge in [0.1, 0.15) is 12.4 Å². The van der Waals surface area contributed by atoms with Crippen molar-refractivity contribution in [3.8, 4) is 5.75 Å². The number of hydrogen-bond acceptors (Lipinski definition) is 21. The molecule has 0 aliphatic rings. The maximum Gasteiger partial charge on any atom is 0.311 e. The zero-order valence-electron chi connectivity index (χ0n) is 57.2. The number of carbonyl (C=O) groups excluding carboxylic acids is 2. The first kappa shape index (κ1) is 83.5. The standard InChI is InChI=1S/C67H124O21/c1-57(53-64(3,4)5)55-66(9,10)59-14-15-61(60(52-59)67(11,12)56-58(2)54-65(6,7)8)88-63(69)17-16-62(68)87-51-50-86-49-48-85-47-46-84-45-44-83-43-42-82-41-40-81-39-38-80-37-36-79-35-34-78-33-32-77-31-30-76-29-28-75-27-26-74-25-24-73-23-22-72-21-20-71-19-18-70-13/h14-15,52,57-58H,16-51,53-56H2,1-13H3. The summed E-state index contributed by atoms with van der Waals surface area (Å²) in [6.45, 7) is 43.2. The lowest BCUT2D eigenvalue weighted by molar-refractivity contribution is -0.148. The van der Waals surface area contributed by atoms with E-state index in [2.05, 4.69) is 95.2 Å². The van der Waals surface area contributed by atoms with Crippen LogP contribution in [0.1, 0.15) is 133 Å². The molecule has 0 aromatic heterocycles. The Kier molecular flexibility index (Phi) is 51.2. The van der Waals surface area contributed by atoms with Crippen molar-refractivity contribution >= 4 is 11.9 Å². The number of ether oxygens (including phenoxy) is 19. The third kappa shape index (κ3) is 52.0. The molecular formula is C67H124O21. The lowest BCUT2D eigenvalue weighted by Crippen LogP contribution is -2.27. The molecule has 0 spiro atoms. The average Bonchev–Trinajstić information content (AvgIpc) is 2.26. The lowest BCUT2D eigenvalue weighted by atomic mass is 9.70. The van der Waals surface area contributed by atoms with Gasteiger partial charge in [-0.3, -0.25) is 9.59 Å². The van der Waals surface area contributed by atoms with Crippen LogP contribution in [0.5, 0.6) is 5.75 Å². The van der Waals surface area contributed by atoms with E-state index in [1.165, 1.54) is 5.56 Å². The van der Waals surface area contributed by atoms with Crippen molar-refractivity contribution < 1.29 is 99.6 Å². The van der Waals surface area contributed by atoms with E-state index >= 15 is 0 Å². The fraction of sp³-hybridized carbons (Fsp3) is 0.881. The summed E-state index contributed by atoms with van der Waals surface area (Å²) in [7, 11) is 1.64. The molecule has 0 saturated heterocycles. The molecule has 1 rings (SSSR count). The van der Waals surface area contributed by atoms with Crippen LogP contribution in [-0.4, -0.2) is 244 Å². The van der Waals surface area contributed by atoms with E-state index in [9.17, 15) is 9.59 Å². The number of carbonyl (C=O) groups is 2. The SMILES string of the molecule is COCCOCCOCCOCCOCCOCCOCCOCCOCCOCCOCCOCCOCCOCCOCCOCCOCCOC(=O)CCC(=O)Oc1ccc(C(C)(C)CC(C)CC(C)(C)C)cc1C(C)(C)CC(C)CC(C)(C)C. The van der Waals surface area contributed by atoms with Gasteiger partial charge in [-0.25, -0.2) is 0 Å². The van der Waals surface area contributed by atoms with Crippen LogP contribution in [0.4, 0.5) is 0 Å². The summed E-state index contributed by atoms with van der Waals surface area (Å²) >= 11 is 0. The monoisotopic (exact) mass is 1260 g/mol. The topological polar surface area (TPSA) is 210 Å². The number of methoxy groups -OCH3 is 1. The average molecular weight is 1270 g/mol. The molecule has 0 aliphatic carbocycles. The third-order valence-corrected chi connectivity index (χ3v) is 13.4. The van der Waals surface area contributed by atoms with Crippen molar-refractivity contribution in [3.63, 3.8) is 0 Å². The van der Waals surface area contributed by atoms with Gasteiger partial charge in [0.05, 0.1) is 231 Å². The van der Waals surface area contributed by atoms with Crippen molar-refractivity contribution in [2.45, 2.75) is 132 Å². The quantitative estimate of drug-likeness (QED) is 0.0338. The van der Waals surface area contributed by atoms with Gasteiger partial charge >= 0.3 is 11.9 Å². The third-order valence-electron chi connectivity index (χ3n) is 13.4. The molecule has 21 heteroatoms. The fourth-order valence-electron chi connectivity index (χ4n) is 9.98. The minimum Gasteiger partial charge on any atom is -0.463 e. The Labute approximate surface area is 531 Å². The van der Waals surface area contributed by atoms with Gasteiger partial charge in [0.15, 0.2) is 0 Å². The van der Waals surface area contributed by atoms with Gasteiger partial charge in [0.25, 0.3) is 0 Å². The second kappa shape index (κ2) is 53.9. The zero-order valence-corrected chi connectivity index (χ0v) is 57.2. The summed E-state index contributed by atoms with van der Waals surface area (Å²) in [4.78, 5) is 25.8. The molecule has 0 amide bonds. The van der Waals surface area contributed by atoms with Crippen LogP contribution < -0.4 is 4.74 Å². The van der Waals surface area contributed by atoms with E-state index in [0.717, 1.165) is 31.2 Å². The molecule has 0 aliphatic heterocycles. The van der Waals surface area contributed by atoms with Crippen LogP contribution in [0.3, 0.4) is 0 Å². The van der Waals surface area contributed by atoms with Crippen molar-refractivity contribution in [3.05, 3.63) is 29.3 Å². The summed E-state index contributed by atoms with van der Waals surface area (Å²) in [5.41, 5.74) is 2.41. The summed E-state index contributed by atoms with van der Waals surface area (Å²) in [6.07, 6.45) is 4.07. The molecule has 2 unspecified atom stereocenters. The number of rotatable bonds is 63. The molecule has 2 atom stereocenters. The highest BCUT2D eigenvalue weighted by molar-refractivity contribution is 5.79. The summed E-state index contributed by atoms with van der Waals surface area (Å²) in [5.74, 6) is 0.639. The van der Waals surface area contributed by atoms with Gasteiger partial charge in [0.2, 0.25) is 0 Å². The molecule has 518 valence electrons. The second-order valence-corrected chi connectivity index (χ2v) is 25.6. The van der Waals surface area contributed by atoms with Crippen molar-refractivity contribution in [1.29, 1.82) is 0 Å². The largest absolute Gasteiger partial charge is 0.463 e. The Hall–Kier alpha value is -2.52. The molecule has 0 N–H and O–H groups in total. The Morgan fingerprint density at radius 2 is 0.580 bits per heavy atom. The molecule has 1 aromatic carbocycles. The van der Waals surface area contributed by atoms with E-state index < -0.39 is 11.9 Å². The highest BCUT2D eigenvalue weighted by Crippen LogP contribution is 2.43. The van der Waals surface area contributed by atoms with Gasteiger partial charge in [-0.15, -0.1) is 0 Å². The molecule has 1 aromatic rings. The smallest absolute Gasteiger partial charge is 0.311 e. The first-order valence-electron chi connectivity index (χ1n) is 32.4. The Balaban J connectivity index is 1.93. The second-order valence-electron chi connectivity index (χ2n) is 25.6. The van der Waals surface area contributed by atoms with Gasteiger partial charge in [-0.2, -0.15) is 0 Å². The lowest BCUT2D eigenvalue weighted by Gasteiger charge is -2.35. The van der Waals surface area contributed by atoms with Crippen LogP contribution in [0, 0.1) is 22.7 Å². The molecule has 21 nitrogen and oxygen atoms in total. The maximum absolute atomic E-state index is 13.2. The molecule has 0 bridgehead atoms. The van der Waals surface area contributed by atoms with Gasteiger partial charge in [-0.05, 0) is 70.8 Å². The fourth-order valence-corrected chi connectivity index (χ4v) is 9.98.